The third-order valence-electron chi connectivity index (χ3n) is 3.16. The fourth-order valence-electron chi connectivity index (χ4n) is 1.98. The minimum atomic E-state index is -1.17. The normalized spacial score (nSPS) is 11.7. The summed E-state index contributed by atoms with van der Waals surface area (Å²) in [7, 11) is 3.09. The van der Waals surface area contributed by atoms with Gasteiger partial charge in [-0.3, -0.25) is 4.79 Å². The maximum atomic E-state index is 13.8. The Morgan fingerprint density at radius 3 is 2.30 bits per heavy atom. The van der Waals surface area contributed by atoms with Crippen LogP contribution in [0.3, 0.4) is 0 Å². The minimum absolute atomic E-state index is 0.0703. The lowest BCUT2D eigenvalue weighted by molar-refractivity contribution is -0.138. The van der Waals surface area contributed by atoms with Gasteiger partial charge in [-0.05, 0) is 12.1 Å². The Morgan fingerprint density at radius 1 is 1.09 bits per heavy atom. The number of nitrogens with zero attached hydrogens (tertiary/aromatic N) is 1. The zero-order valence-corrected chi connectivity index (χ0v) is 13.4. The van der Waals surface area contributed by atoms with E-state index in [1.165, 1.54) is 17.0 Å². The van der Waals surface area contributed by atoms with Crippen LogP contribution in [0.15, 0.2) is 48.5 Å². The van der Waals surface area contributed by atoms with Crippen LogP contribution >= 0.6 is 11.6 Å². The van der Waals surface area contributed by atoms with Gasteiger partial charge in [-0.1, -0.05) is 48.0 Å². The lowest BCUT2D eigenvalue weighted by atomic mass is 10.1. The van der Waals surface area contributed by atoms with Crippen molar-refractivity contribution in [2.75, 3.05) is 14.1 Å². The molecule has 2 aromatic rings. The zero-order valence-electron chi connectivity index (χ0n) is 12.6. The van der Waals surface area contributed by atoms with E-state index in [0.29, 0.717) is 5.56 Å². The number of ether oxygens (including phenoxy) is 1. The molecule has 0 radical (unpaired) electrons. The summed E-state index contributed by atoms with van der Waals surface area (Å²) >= 11 is 5.86. The maximum absolute atomic E-state index is 13.8. The van der Waals surface area contributed by atoms with Gasteiger partial charge in [0.2, 0.25) is 6.10 Å². The van der Waals surface area contributed by atoms with Crippen molar-refractivity contribution in [2.24, 2.45) is 0 Å². The Morgan fingerprint density at radius 2 is 1.74 bits per heavy atom. The third kappa shape index (κ3) is 3.87. The number of rotatable bonds is 4. The van der Waals surface area contributed by atoms with Crippen molar-refractivity contribution in [1.82, 2.24) is 4.90 Å². The molecule has 0 aliphatic carbocycles. The van der Waals surface area contributed by atoms with Crippen molar-refractivity contribution in [3.63, 3.8) is 0 Å². The average molecular weight is 336 g/mol. The molecule has 0 aliphatic rings. The van der Waals surface area contributed by atoms with Gasteiger partial charge in [0.1, 0.15) is 11.4 Å². The zero-order chi connectivity index (χ0) is 17.0. The Bertz CT molecular complexity index is 699. The summed E-state index contributed by atoms with van der Waals surface area (Å²) in [6.07, 6.45) is -1.17. The molecule has 4 nitrogen and oxygen atoms in total. The van der Waals surface area contributed by atoms with Crippen molar-refractivity contribution in [3.8, 4) is 0 Å². The molecule has 0 saturated heterocycles. The quantitative estimate of drug-likeness (QED) is 0.804. The van der Waals surface area contributed by atoms with Crippen molar-refractivity contribution in [3.05, 3.63) is 70.5 Å². The molecule has 0 bridgehead atoms. The molecular weight excluding hydrogens is 321 g/mol. The second-order valence-electron chi connectivity index (χ2n) is 5.03. The predicted octanol–water partition coefficient (Wildman–Crippen LogP) is 3.47. The Hall–Kier alpha value is -2.40. The molecule has 0 N–H and O–H groups in total. The first-order chi connectivity index (χ1) is 10.9. The van der Waals surface area contributed by atoms with Gasteiger partial charge in [-0.15, -0.1) is 0 Å². The summed E-state index contributed by atoms with van der Waals surface area (Å²) in [4.78, 5) is 25.9. The molecule has 1 amide bonds. The average Bonchev–Trinajstić information content (AvgIpc) is 2.52. The summed E-state index contributed by atoms with van der Waals surface area (Å²) in [6, 6.07) is 12.4. The van der Waals surface area contributed by atoms with Crippen LogP contribution in [-0.2, 0) is 9.53 Å². The van der Waals surface area contributed by atoms with E-state index in [1.807, 2.05) is 0 Å². The first kappa shape index (κ1) is 17.0. The van der Waals surface area contributed by atoms with Gasteiger partial charge in [0, 0.05) is 19.7 Å². The smallest absolute Gasteiger partial charge is 0.343 e. The molecule has 120 valence electrons. The molecule has 23 heavy (non-hydrogen) atoms. The lowest BCUT2D eigenvalue weighted by Gasteiger charge is -2.21. The van der Waals surface area contributed by atoms with Crippen LogP contribution in [0.1, 0.15) is 22.0 Å². The molecule has 1 atom stereocenters. The van der Waals surface area contributed by atoms with Gasteiger partial charge in [0.05, 0.1) is 5.02 Å². The number of likely N-dealkylation sites (N-methyl/N-ethyl adjacent to an activating group) is 1. The van der Waals surface area contributed by atoms with E-state index < -0.39 is 23.8 Å². The summed E-state index contributed by atoms with van der Waals surface area (Å²) < 4.78 is 19.1. The molecule has 0 saturated carbocycles. The van der Waals surface area contributed by atoms with Crippen molar-refractivity contribution < 1.29 is 18.7 Å². The highest BCUT2D eigenvalue weighted by atomic mass is 35.5. The van der Waals surface area contributed by atoms with E-state index in [2.05, 4.69) is 0 Å². The first-order valence-electron chi connectivity index (χ1n) is 6.83. The van der Waals surface area contributed by atoms with Crippen LogP contribution < -0.4 is 0 Å². The van der Waals surface area contributed by atoms with Crippen LogP contribution in [0, 0.1) is 5.82 Å². The maximum Gasteiger partial charge on any atom is 0.343 e. The Kier molecular flexibility index (Phi) is 5.34. The number of halogens is 2. The van der Waals surface area contributed by atoms with E-state index in [1.54, 1.807) is 44.4 Å². The number of benzene rings is 2. The highest BCUT2D eigenvalue weighted by molar-refractivity contribution is 6.33. The van der Waals surface area contributed by atoms with E-state index in [0.717, 1.165) is 6.07 Å². The Balaban J connectivity index is 2.35. The molecule has 2 aromatic carbocycles. The van der Waals surface area contributed by atoms with Gasteiger partial charge in [0.15, 0.2) is 0 Å². The molecule has 0 aliphatic heterocycles. The van der Waals surface area contributed by atoms with Gasteiger partial charge < -0.3 is 9.64 Å². The largest absolute Gasteiger partial charge is 0.444 e. The second kappa shape index (κ2) is 7.24. The van der Waals surface area contributed by atoms with Crippen molar-refractivity contribution in [2.45, 2.75) is 6.10 Å². The fourth-order valence-corrected chi connectivity index (χ4v) is 2.22. The highest BCUT2D eigenvalue weighted by Gasteiger charge is 2.29. The van der Waals surface area contributed by atoms with E-state index in [9.17, 15) is 14.0 Å². The summed E-state index contributed by atoms with van der Waals surface area (Å²) in [5.74, 6) is -2.22. The Labute approximate surface area is 138 Å². The fraction of sp³-hybridized carbons (Fsp3) is 0.176. The molecular formula is C17H15ClFNO3. The van der Waals surface area contributed by atoms with E-state index in [-0.39, 0.29) is 10.6 Å². The summed E-state index contributed by atoms with van der Waals surface area (Å²) in [6.45, 7) is 0. The van der Waals surface area contributed by atoms with Crippen LogP contribution in [0.5, 0.6) is 0 Å². The van der Waals surface area contributed by atoms with Gasteiger partial charge in [-0.2, -0.15) is 0 Å². The SMILES string of the molecule is CN(C)C(=O)[C@H](OC(=O)c1c(F)cccc1Cl)c1ccccc1. The number of carbonyl (C=O) groups excluding carboxylic acids is 2. The van der Waals surface area contributed by atoms with Crippen LogP contribution in [-0.4, -0.2) is 30.9 Å². The van der Waals surface area contributed by atoms with Gasteiger partial charge in [0.25, 0.3) is 5.91 Å². The van der Waals surface area contributed by atoms with Crippen LogP contribution in [0.25, 0.3) is 0 Å². The van der Waals surface area contributed by atoms with E-state index >= 15 is 0 Å². The summed E-state index contributed by atoms with van der Waals surface area (Å²) in [5.41, 5.74) is 0.105. The molecule has 0 aromatic heterocycles. The number of hydrogen-bond acceptors (Lipinski definition) is 3. The monoisotopic (exact) mass is 335 g/mol. The molecule has 0 heterocycles. The topological polar surface area (TPSA) is 46.6 Å². The van der Waals surface area contributed by atoms with Crippen molar-refractivity contribution in [1.29, 1.82) is 0 Å². The lowest BCUT2D eigenvalue weighted by Crippen LogP contribution is -2.31. The highest BCUT2D eigenvalue weighted by Crippen LogP contribution is 2.25. The molecule has 2 rings (SSSR count). The van der Waals surface area contributed by atoms with Gasteiger partial charge in [-0.25, -0.2) is 9.18 Å². The van der Waals surface area contributed by atoms with E-state index in [4.69, 9.17) is 16.3 Å². The summed E-state index contributed by atoms with van der Waals surface area (Å²) in [5, 5.41) is -0.0703. The number of amides is 1. The molecule has 6 heteroatoms. The third-order valence-corrected chi connectivity index (χ3v) is 3.47. The predicted molar refractivity (Wildman–Crippen MR) is 84.7 cm³/mol. The van der Waals surface area contributed by atoms with Gasteiger partial charge >= 0.3 is 5.97 Å². The first-order valence-corrected chi connectivity index (χ1v) is 7.20. The minimum Gasteiger partial charge on any atom is -0.444 e. The van der Waals surface area contributed by atoms with Crippen LogP contribution in [0.4, 0.5) is 4.39 Å². The number of hydrogen-bond donors (Lipinski definition) is 0. The standard InChI is InChI=1S/C17H15ClFNO3/c1-20(2)16(21)15(11-7-4-3-5-8-11)23-17(22)14-12(18)9-6-10-13(14)19/h3-10,15H,1-2H3/t15-/m1/s1. The molecule has 0 fully saturated rings. The van der Waals surface area contributed by atoms with Crippen LogP contribution in [0.2, 0.25) is 5.02 Å². The van der Waals surface area contributed by atoms with Crippen molar-refractivity contribution >= 4 is 23.5 Å². The number of esters is 1. The number of carbonyl (C=O) groups is 2. The second-order valence-corrected chi connectivity index (χ2v) is 5.43. The molecule has 0 spiro atoms. The molecule has 0 unspecified atom stereocenters.